The van der Waals surface area contributed by atoms with Crippen molar-refractivity contribution in [2.45, 2.75) is 147 Å². The summed E-state index contributed by atoms with van der Waals surface area (Å²) in [6.45, 7) is 5.87. The number of unbranched alkanes of at least 4 members (excludes halogenated alkanes) is 2. The lowest BCUT2D eigenvalue weighted by Gasteiger charge is -2.35. The van der Waals surface area contributed by atoms with Crippen LogP contribution in [-0.2, 0) is 102 Å². The first kappa shape index (κ1) is 69.0. The van der Waals surface area contributed by atoms with Crippen LogP contribution in [0.15, 0.2) is 89.2 Å². The van der Waals surface area contributed by atoms with E-state index < -0.39 is 45.1 Å². The van der Waals surface area contributed by atoms with Crippen LogP contribution >= 0.6 is 11.8 Å². The van der Waals surface area contributed by atoms with Gasteiger partial charge in [-0.15, -0.1) is 5.10 Å². The van der Waals surface area contributed by atoms with Crippen LogP contribution in [0.5, 0.6) is 0 Å². The van der Waals surface area contributed by atoms with Gasteiger partial charge >= 0.3 is 12.1 Å². The Balaban J connectivity index is 0.754. The quantitative estimate of drug-likeness (QED) is 0.0162. The molecule has 24 nitrogen and oxygen atoms in total. The van der Waals surface area contributed by atoms with Crippen LogP contribution in [-0.4, -0.2) is 141 Å². The van der Waals surface area contributed by atoms with E-state index >= 15 is 0 Å². The summed E-state index contributed by atoms with van der Waals surface area (Å²) in [5.74, 6) is -2.35. The monoisotopic (exact) mass is 1290 g/mol. The highest BCUT2D eigenvalue weighted by Gasteiger charge is 2.51. The highest BCUT2D eigenvalue weighted by molar-refractivity contribution is 7.98. The summed E-state index contributed by atoms with van der Waals surface area (Å²) >= 11 is 1.49. The van der Waals surface area contributed by atoms with Gasteiger partial charge in [0.1, 0.15) is 32.2 Å². The molecule has 0 aliphatic carbocycles. The molecule has 2 aliphatic rings. The third kappa shape index (κ3) is 18.7. The van der Waals surface area contributed by atoms with Crippen LogP contribution in [0, 0.1) is 5.92 Å². The van der Waals surface area contributed by atoms with Gasteiger partial charge < -0.3 is 39.3 Å². The first-order valence-electron chi connectivity index (χ1n) is 30.7. The number of esters is 1. The molecule has 0 spiro atoms. The lowest BCUT2D eigenvalue weighted by Crippen LogP contribution is -2.47. The minimum atomic E-state index is -3.53. The number of aryl methyl sites for hydroxylation is 1. The molecule has 1 amide bonds. The second-order valence-electron chi connectivity index (χ2n) is 22.8. The number of aromatic nitrogens is 7. The van der Waals surface area contributed by atoms with E-state index in [0.717, 1.165) is 45.8 Å². The maximum absolute atomic E-state index is 14.4. The Kier molecular flexibility index (Phi) is 25.0. The number of nitrogens with two attached hydrogens (primary N) is 1. The first-order valence-corrected chi connectivity index (χ1v) is 33.8. The number of ether oxygens (including phenoxy) is 5. The second kappa shape index (κ2) is 32.9. The highest BCUT2D eigenvalue weighted by atomic mass is 32.2. The summed E-state index contributed by atoms with van der Waals surface area (Å²) in [6, 6.07) is 15.3. The van der Waals surface area contributed by atoms with Crippen LogP contribution in [0.4, 0.5) is 10.5 Å². The van der Waals surface area contributed by atoms with E-state index in [-0.39, 0.29) is 93.3 Å². The Morgan fingerprint density at radius 3 is 2.41 bits per heavy atom. The largest absolute Gasteiger partial charge is 0.510 e. The van der Waals surface area contributed by atoms with Crippen LogP contribution in [0.2, 0.25) is 0 Å². The van der Waals surface area contributed by atoms with Crippen LogP contribution in [0.25, 0.3) is 28.4 Å². The number of fused-ring (bicyclic) bond motifs is 5. The number of benzene rings is 2. The number of para-hydroxylation sites is 1. The van der Waals surface area contributed by atoms with Crippen LogP contribution in [0.3, 0.4) is 0 Å². The normalized spacial score (nSPS) is 14.7. The third-order valence-corrected chi connectivity index (χ3v) is 17.9. The Morgan fingerprint density at radius 2 is 1.67 bits per heavy atom. The maximum atomic E-state index is 14.4. The molecule has 6 aromatic rings. The fourth-order valence-corrected chi connectivity index (χ4v) is 12.6. The Bertz CT molecular complexity index is 3760. The number of ketones is 3. The van der Waals surface area contributed by atoms with Crippen molar-refractivity contribution >= 4 is 79.8 Å². The average Bonchev–Trinajstić information content (AvgIpc) is 1.66. The molecule has 8 rings (SSSR count). The molecule has 0 bridgehead atoms. The van der Waals surface area contributed by atoms with Crippen LogP contribution < -0.4 is 16.6 Å². The molecule has 0 saturated carbocycles. The Labute approximate surface area is 533 Å². The summed E-state index contributed by atoms with van der Waals surface area (Å²) in [5, 5.41) is 12.7. The number of rotatable bonds is 37. The molecule has 3 N–H and O–H groups in total. The number of nitrogens with one attached hydrogen (secondary N) is 1. The maximum Gasteiger partial charge on any atom is 0.510 e. The van der Waals surface area contributed by atoms with Gasteiger partial charge in [0.15, 0.2) is 16.7 Å². The van der Waals surface area contributed by atoms with E-state index in [9.17, 15) is 42.0 Å². The van der Waals surface area contributed by atoms with E-state index in [0.29, 0.717) is 106 Å². The van der Waals surface area contributed by atoms with E-state index in [4.69, 9.17) is 34.4 Å². The second-order valence-corrected chi connectivity index (χ2v) is 25.5. The molecule has 0 fully saturated rings. The van der Waals surface area contributed by atoms with Crippen LogP contribution in [0.1, 0.15) is 130 Å². The molecule has 486 valence electrons. The predicted octanol–water partition coefficient (Wildman–Crippen LogP) is 7.87. The van der Waals surface area contributed by atoms with Gasteiger partial charge in [-0.25, -0.2) is 37.6 Å². The van der Waals surface area contributed by atoms with Gasteiger partial charge in [-0.05, 0) is 113 Å². The molecule has 2 aliphatic heterocycles. The number of sulfonamides is 1. The fraction of sp³-hybridized carbons (Fsp3) is 0.477. The van der Waals surface area contributed by atoms with E-state index in [1.54, 1.807) is 65.1 Å². The molecule has 91 heavy (non-hydrogen) atoms. The molecule has 6 heterocycles. The number of anilines is 1. The highest BCUT2D eigenvalue weighted by Crippen LogP contribution is 2.42. The summed E-state index contributed by atoms with van der Waals surface area (Å²) in [6.07, 6.45) is 16.5. The minimum Gasteiger partial charge on any atom is -0.457 e. The molecule has 4 aromatic heterocycles. The number of thioether (sulfide) groups is 1. The smallest absolute Gasteiger partial charge is 0.457 e. The zero-order valence-electron chi connectivity index (χ0n) is 52.2. The molecule has 2 aromatic carbocycles. The lowest BCUT2D eigenvalue weighted by atomic mass is 9.85. The number of nitrogens with zero attached hydrogens (tertiary/aromatic N) is 8. The molecule has 0 saturated heterocycles. The minimum absolute atomic E-state index is 0.106. The number of cyclic esters (lactones) is 1. The molecule has 2 atom stereocenters. The summed E-state index contributed by atoms with van der Waals surface area (Å²) < 4.78 is 58.3. The van der Waals surface area contributed by atoms with Crippen molar-refractivity contribution in [3.8, 4) is 11.4 Å². The van der Waals surface area contributed by atoms with Crippen molar-refractivity contribution in [3.05, 3.63) is 129 Å². The summed E-state index contributed by atoms with van der Waals surface area (Å²) in [4.78, 5) is 107. The lowest BCUT2D eigenvalue weighted by molar-refractivity contribution is -0.175. The topological polar surface area (TPSA) is 315 Å². The van der Waals surface area contributed by atoms with Gasteiger partial charge in [0.2, 0.25) is 21.5 Å². The van der Waals surface area contributed by atoms with Crippen molar-refractivity contribution in [1.82, 2.24) is 38.8 Å². The fourth-order valence-electron chi connectivity index (χ4n) is 11.1. The molecular weight excluding hydrogens is 1210 g/mol. The molecule has 0 radical (unpaired) electrons. The average molecular weight is 1290 g/mol. The van der Waals surface area contributed by atoms with Gasteiger partial charge in [0.05, 0.1) is 54.1 Å². The predicted molar refractivity (Wildman–Crippen MR) is 341 cm³/mol. The molecule has 26 heteroatoms. The molecular formula is C65H80N10O14S2. The van der Waals surface area contributed by atoms with E-state index in [2.05, 4.69) is 25.6 Å². The van der Waals surface area contributed by atoms with E-state index in [1.165, 1.54) is 22.3 Å². The number of Topliss-reactive ketones (excluding diaryl/α,β-unsaturated/α-hetero) is 3. The van der Waals surface area contributed by atoms with Crippen molar-refractivity contribution in [2.75, 3.05) is 57.3 Å². The first-order chi connectivity index (χ1) is 43.8. The SMILES string of the molecule is CC[C@@]1(OC(=O)OCc2ccc(NC(=O)[C@H](CCCCN)CC(=O)COCC(=O)CCCOCCn3cc(CCC(=O)CCC/C=C/c4cnc(SC)nc4)nn3)cc2)C(=O)OCc2c1cc1n(c2=O)Cc2c-1nc1ccccc1c2CCN(C(C)C)S(C)(=O)=O. The van der Waals surface area contributed by atoms with Gasteiger partial charge in [-0.3, -0.25) is 24.0 Å². The van der Waals surface area contributed by atoms with Crippen molar-refractivity contribution < 1.29 is 60.9 Å². The number of pyridine rings is 2. The number of amides is 1. The number of hydrogen-bond acceptors (Lipinski definition) is 21. The molecule has 0 unspecified atom stereocenters. The van der Waals surface area contributed by atoms with Gasteiger partial charge in [-0.2, -0.15) is 4.31 Å². The van der Waals surface area contributed by atoms with Gasteiger partial charge in [0.25, 0.3) is 5.56 Å². The Morgan fingerprint density at radius 1 is 0.912 bits per heavy atom. The number of allylic oxidation sites excluding steroid dienone is 1. The van der Waals surface area contributed by atoms with Crippen molar-refractivity contribution in [1.29, 1.82) is 0 Å². The number of hydrogen-bond donors (Lipinski definition) is 2. The van der Waals surface area contributed by atoms with Gasteiger partial charge in [0, 0.05) is 97.1 Å². The number of carbonyl (C=O) groups excluding carboxylic acids is 6. The Hall–Kier alpha value is -7.88. The zero-order valence-corrected chi connectivity index (χ0v) is 53.8. The van der Waals surface area contributed by atoms with Gasteiger partial charge in [-0.1, -0.05) is 72.8 Å². The summed E-state index contributed by atoms with van der Waals surface area (Å²) in [5.41, 5.74) is 9.19. The third-order valence-electron chi connectivity index (χ3n) is 15.9. The zero-order chi connectivity index (χ0) is 65.1. The van der Waals surface area contributed by atoms with Crippen molar-refractivity contribution in [2.24, 2.45) is 11.7 Å². The summed E-state index contributed by atoms with van der Waals surface area (Å²) in [7, 11) is -3.53. The number of carbonyl (C=O) groups is 6. The standard InChI is InChI=1S/C65H80N10O14S2/c1-6-65(56-34-58-59-54(38-74(58)61(80)55(56)42-87-62(65)81)52(53-19-10-11-20-57(53)70-59)27-29-75(43(2)3)91(5,83)84)89-64(82)88-39-44-21-23-47(24-22-44)69-60(79)46(16-12-13-28-66)33-51(78)41-86-40-50(77)18-14-31-85-32-30-73-37-48(71-72-73)25-26-49(76)17-9-7-8-15-45-35-67-63(90-4)68-36-45/h8,10-11,15,19-24,34-37,43,46H,6-7,9,12-14,16-18,25-33,38-42,66H2,1-5H3,(H,69,79)/b15-8+/t46-,65+/m1/s1. The van der Waals surface area contributed by atoms with Crippen molar-refractivity contribution in [3.63, 3.8) is 0 Å². The van der Waals surface area contributed by atoms with E-state index in [1.807, 2.05) is 56.5 Å².